The van der Waals surface area contributed by atoms with Crippen LogP contribution < -0.4 is 10.1 Å². The molecule has 4 nitrogen and oxygen atoms in total. The summed E-state index contributed by atoms with van der Waals surface area (Å²) in [5.41, 5.74) is 1.36. The van der Waals surface area contributed by atoms with E-state index in [4.69, 9.17) is 4.74 Å². The molecule has 1 aromatic rings. The van der Waals surface area contributed by atoms with E-state index in [2.05, 4.69) is 42.0 Å². The van der Waals surface area contributed by atoms with E-state index in [1.54, 1.807) is 13.3 Å². The van der Waals surface area contributed by atoms with Crippen LogP contribution in [0.3, 0.4) is 0 Å². The predicted molar refractivity (Wildman–Crippen MR) is 82.0 cm³/mol. The maximum absolute atomic E-state index is 5.38. The van der Waals surface area contributed by atoms with Crippen LogP contribution in [0.25, 0.3) is 0 Å². The van der Waals surface area contributed by atoms with Crippen LogP contribution in [-0.2, 0) is 6.54 Å². The van der Waals surface area contributed by atoms with E-state index < -0.39 is 0 Å². The van der Waals surface area contributed by atoms with Crippen LogP contribution in [-0.4, -0.2) is 41.7 Å². The summed E-state index contributed by atoms with van der Waals surface area (Å²) in [5.74, 6) is 0.745. The highest BCUT2D eigenvalue weighted by molar-refractivity contribution is 5.25. The van der Waals surface area contributed by atoms with E-state index in [0.717, 1.165) is 31.9 Å². The van der Waals surface area contributed by atoms with Crippen molar-refractivity contribution < 1.29 is 4.74 Å². The minimum atomic E-state index is 0.195. The summed E-state index contributed by atoms with van der Waals surface area (Å²) in [5, 5.41) is 3.69. The molecule has 1 N–H and O–H groups in total. The number of methoxy groups -OCH3 is 1. The lowest BCUT2D eigenvalue weighted by atomic mass is 9.98. The van der Waals surface area contributed by atoms with E-state index in [1.807, 2.05) is 6.07 Å². The minimum Gasteiger partial charge on any atom is -0.481 e. The van der Waals surface area contributed by atoms with Gasteiger partial charge in [0.05, 0.1) is 7.11 Å². The molecule has 1 aliphatic heterocycles. The molecule has 1 aromatic heterocycles. The zero-order chi connectivity index (χ0) is 14.6. The van der Waals surface area contributed by atoms with Gasteiger partial charge in [-0.2, -0.15) is 0 Å². The van der Waals surface area contributed by atoms with E-state index in [9.17, 15) is 0 Å². The van der Waals surface area contributed by atoms with Crippen LogP contribution in [0.4, 0.5) is 0 Å². The van der Waals surface area contributed by atoms with Crippen LogP contribution in [0, 0.1) is 0 Å². The summed E-state index contributed by atoms with van der Waals surface area (Å²) < 4.78 is 5.38. The van der Waals surface area contributed by atoms with Crippen molar-refractivity contribution in [3.63, 3.8) is 0 Å². The third-order valence-electron chi connectivity index (χ3n) is 4.49. The molecule has 0 bridgehead atoms. The van der Waals surface area contributed by atoms with Crippen LogP contribution in [0.1, 0.15) is 39.2 Å². The molecule has 1 fully saturated rings. The largest absolute Gasteiger partial charge is 0.481 e. The first kappa shape index (κ1) is 15.3. The molecule has 112 valence electrons. The Bertz CT molecular complexity index is 437. The SMILES string of the molecule is CCC1(C)CN(Cc2cccnc2OC)C(C)CCN1. The fourth-order valence-electron chi connectivity index (χ4n) is 2.82. The predicted octanol–water partition coefficient (Wildman–Crippen LogP) is 2.44. The van der Waals surface area contributed by atoms with Gasteiger partial charge in [0.1, 0.15) is 0 Å². The topological polar surface area (TPSA) is 37.4 Å². The van der Waals surface area contributed by atoms with Gasteiger partial charge in [0.15, 0.2) is 0 Å². The highest BCUT2D eigenvalue weighted by Gasteiger charge is 2.30. The van der Waals surface area contributed by atoms with E-state index >= 15 is 0 Å². The van der Waals surface area contributed by atoms with E-state index in [1.165, 1.54) is 12.0 Å². The van der Waals surface area contributed by atoms with Crippen molar-refractivity contribution in [3.05, 3.63) is 23.9 Å². The smallest absolute Gasteiger partial charge is 0.217 e. The Morgan fingerprint density at radius 3 is 3.05 bits per heavy atom. The van der Waals surface area contributed by atoms with Gasteiger partial charge in [0.25, 0.3) is 0 Å². The van der Waals surface area contributed by atoms with Gasteiger partial charge in [0.2, 0.25) is 5.88 Å². The van der Waals surface area contributed by atoms with Crippen LogP contribution in [0.5, 0.6) is 5.88 Å². The van der Waals surface area contributed by atoms with E-state index in [-0.39, 0.29) is 5.54 Å². The number of nitrogens with one attached hydrogen (secondary N) is 1. The van der Waals surface area contributed by atoms with Crippen LogP contribution >= 0.6 is 0 Å². The quantitative estimate of drug-likeness (QED) is 0.917. The lowest BCUT2D eigenvalue weighted by molar-refractivity contribution is 0.161. The summed E-state index contributed by atoms with van der Waals surface area (Å²) in [6, 6.07) is 4.67. The second-order valence-corrected chi connectivity index (χ2v) is 6.06. The Morgan fingerprint density at radius 2 is 2.35 bits per heavy atom. The molecule has 2 rings (SSSR count). The lowest BCUT2D eigenvalue weighted by Crippen LogP contribution is -2.49. The number of ether oxygens (including phenoxy) is 1. The van der Waals surface area contributed by atoms with E-state index in [0.29, 0.717) is 6.04 Å². The normalized spacial score (nSPS) is 28.1. The molecule has 1 saturated heterocycles. The average Bonchev–Trinajstić information content (AvgIpc) is 2.60. The molecule has 2 unspecified atom stereocenters. The monoisotopic (exact) mass is 277 g/mol. The van der Waals surface area contributed by atoms with Gasteiger partial charge in [-0.05, 0) is 39.3 Å². The van der Waals surface area contributed by atoms with Gasteiger partial charge >= 0.3 is 0 Å². The molecule has 0 spiro atoms. The van der Waals surface area contributed by atoms with Gasteiger partial charge in [-0.3, -0.25) is 4.90 Å². The van der Waals surface area contributed by atoms with Gasteiger partial charge < -0.3 is 10.1 Å². The van der Waals surface area contributed by atoms with Crippen molar-refractivity contribution in [3.8, 4) is 5.88 Å². The molecule has 0 saturated carbocycles. The number of hydrogen-bond donors (Lipinski definition) is 1. The first-order valence-electron chi connectivity index (χ1n) is 7.55. The van der Waals surface area contributed by atoms with Gasteiger partial charge in [-0.25, -0.2) is 4.98 Å². The number of pyridine rings is 1. The molecular formula is C16H27N3O. The van der Waals surface area contributed by atoms with Crippen LogP contribution in [0.15, 0.2) is 18.3 Å². The average molecular weight is 277 g/mol. The summed E-state index contributed by atoms with van der Waals surface area (Å²) in [6.45, 7) is 9.93. The highest BCUT2D eigenvalue weighted by atomic mass is 16.5. The third kappa shape index (κ3) is 3.49. The fraction of sp³-hybridized carbons (Fsp3) is 0.688. The van der Waals surface area contributed by atoms with Crippen molar-refractivity contribution in [2.24, 2.45) is 0 Å². The maximum atomic E-state index is 5.38. The summed E-state index contributed by atoms with van der Waals surface area (Å²) >= 11 is 0. The second-order valence-electron chi connectivity index (χ2n) is 6.06. The van der Waals surface area contributed by atoms with Gasteiger partial charge in [0, 0.05) is 36.4 Å². The minimum absolute atomic E-state index is 0.195. The summed E-state index contributed by atoms with van der Waals surface area (Å²) in [4.78, 5) is 6.85. The molecule has 0 amide bonds. The van der Waals surface area contributed by atoms with Gasteiger partial charge in [-0.15, -0.1) is 0 Å². The number of aromatic nitrogens is 1. The van der Waals surface area contributed by atoms with Gasteiger partial charge in [-0.1, -0.05) is 13.0 Å². The maximum Gasteiger partial charge on any atom is 0.217 e. The molecule has 4 heteroatoms. The molecule has 2 atom stereocenters. The Balaban J connectivity index is 2.16. The van der Waals surface area contributed by atoms with Crippen LogP contribution in [0.2, 0.25) is 0 Å². The zero-order valence-corrected chi connectivity index (χ0v) is 13.1. The lowest BCUT2D eigenvalue weighted by Gasteiger charge is -2.35. The summed E-state index contributed by atoms with van der Waals surface area (Å²) in [7, 11) is 1.69. The Hall–Kier alpha value is -1.13. The van der Waals surface area contributed by atoms with Crippen molar-refractivity contribution in [1.82, 2.24) is 15.2 Å². The Labute approximate surface area is 122 Å². The molecule has 0 aromatic carbocycles. The Kier molecular flexibility index (Phi) is 5.00. The number of rotatable bonds is 4. The standard InChI is InChI=1S/C16H27N3O/c1-5-16(3)12-19(13(2)8-10-18-16)11-14-7-6-9-17-15(14)20-4/h6-7,9,13,18H,5,8,10-12H2,1-4H3. The second kappa shape index (κ2) is 6.55. The zero-order valence-electron chi connectivity index (χ0n) is 13.1. The number of hydrogen-bond acceptors (Lipinski definition) is 4. The Morgan fingerprint density at radius 1 is 1.55 bits per heavy atom. The third-order valence-corrected chi connectivity index (χ3v) is 4.49. The fourth-order valence-corrected chi connectivity index (χ4v) is 2.82. The van der Waals surface area contributed by atoms with Crippen molar-refractivity contribution in [1.29, 1.82) is 0 Å². The van der Waals surface area contributed by atoms with Crippen molar-refractivity contribution in [2.45, 2.75) is 51.7 Å². The molecule has 20 heavy (non-hydrogen) atoms. The van der Waals surface area contributed by atoms with Crippen molar-refractivity contribution >= 4 is 0 Å². The first-order valence-corrected chi connectivity index (χ1v) is 7.55. The first-order chi connectivity index (χ1) is 9.58. The van der Waals surface area contributed by atoms with Crippen molar-refractivity contribution in [2.75, 3.05) is 20.2 Å². The molecular weight excluding hydrogens is 250 g/mol. The number of nitrogens with zero attached hydrogens (tertiary/aromatic N) is 2. The highest BCUT2D eigenvalue weighted by Crippen LogP contribution is 2.23. The summed E-state index contributed by atoms with van der Waals surface area (Å²) in [6.07, 6.45) is 4.10. The molecule has 0 aliphatic carbocycles. The molecule has 1 aliphatic rings. The molecule has 2 heterocycles. The molecule has 0 radical (unpaired) electrons.